The number of aliphatic hydroxyl groups excluding tert-OH is 1. The van der Waals surface area contributed by atoms with E-state index in [1.54, 1.807) is 49.6 Å². The molecule has 4 rings (SSSR count). The number of Topliss-reactive ketones (excluding diaryl/α,β-unsaturated/α-hetero) is 1. The molecule has 0 bridgehead atoms. The molecule has 0 radical (unpaired) electrons. The van der Waals surface area contributed by atoms with Gasteiger partial charge in [-0.3, -0.25) is 9.59 Å². The molecule has 10 heteroatoms. The monoisotopic (exact) mass is 487 g/mol. The van der Waals surface area contributed by atoms with E-state index in [2.05, 4.69) is 5.32 Å². The SMILES string of the molecule is COc1ccc(C2OCC3OC(Oc4ccc(C(C)=O)cc4)C(NC(C)=O)C(O)C3O2)cc1OC. The van der Waals surface area contributed by atoms with Crippen LogP contribution in [0.4, 0.5) is 0 Å². The van der Waals surface area contributed by atoms with Crippen LogP contribution in [-0.4, -0.2) is 68.3 Å². The van der Waals surface area contributed by atoms with Crippen molar-refractivity contribution in [2.45, 2.75) is 50.8 Å². The van der Waals surface area contributed by atoms with Crippen LogP contribution in [0.5, 0.6) is 17.2 Å². The van der Waals surface area contributed by atoms with Crippen LogP contribution in [0.2, 0.25) is 0 Å². The number of carbonyl (C=O) groups is 2. The van der Waals surface area contributed by atoms with Crippen LogP contribution in [0.25, 0.3) is 0 Å². The van der Waals surface area contributed by atoms with Crippen LogP contribution < -0.4 is 19.5 Å². The molecule has 6 atom stereocenters. The molecular formula is C25H29NO9. The lowest BCUT2D eigenvalue weighted by atomic mass is 9.95. The van der Waals surface area contributed by atoms with Crippen molar-refractivity contribution in [2.24, 2.45) is 0 Å². The molecule has 10 nitrogen and oxygen atoms in total. The highest BCUT2D eigenvalue weighted by Gasteiger charge is 2.50. The molecule has 2 aromatic rings. The average Bonchev–Trinajstić information content (AvgIpc) is 2.86. The predicted molar refractivity (Wildman–Crippen MR) is 122 cm³/mol. The number of methoxy groups -OCH3 is 2. The number of rotatable bonds is 7. The largest absolute Gasteiger partial charge is 0.493 e. The maximum absolute atomic E-state index is 11.9. The Kier molecular flexibility index (Phi) is 7.56. The molecule has 2 aliphatic rings. The molecule has 35 heavy (non-hydrogen) atoms. The zero-order valence-corrected chi connectivity index (χ0v) is 19.9. The number of aliphatic hydroxyl groups is 1. The maximum atomic E-state index is 11.9. The van der Waals surface area contributed by atoms with Crippen LogP contribution in [0.15, 0.2) is 42.5 Å². The first-order valence-corrected chi connectivity index (χ1v) is 11.2. The summed E-state index contributed by atoms with van der Waals surface area (Å²) in [4.78, 5) is 23.4. The maximum Gasteiger partial charge on any atom is 0.223 e. The second-order valence-corrected chi connectivity index (χ2v) is 8.34. The fourth-order valence-electron chi connectivity index (χ4n) is 4.15. The molecule has 2 fully saturated rings. The van der Waals surface area contributed by atoms with E-state index < -0.39 is 36.9 Å². The molecule has 2 heterocycles. The highest BCUT2D eigenvalue weighted by Crippen LogP contribution is 2.37. The van der Waals surface area contributed by atoms with Gasteiger partial charge in [0.1, 0.15) is 30.1 Å². The Morgan fingerprint density at radius 1 is 1.00 bits per heavy atom. The van der Waals surface area contributed by atoms with E-state index in [1.165, 1.54) is 21.0 Å². The molecule has 2 aliphatic heterocycles. The van der Waals surface area contributed by atoms with Crippen molar-refractivity contribution in [1.82, 2.24) is 5.32 Å². The molecule has 0 aliphatic carbocycles. The Labute approximate surface area is 203 Å². The summed E-state index contributed by atoms with van der Waals surface area (Å²) in [6, 6.07) is 10.9. The smallest absolute Gasteiger partial charge is 0.223 e. The zero-order valence-electron chi connectivity index (χ0n) is 19.9. The Balaban J connectivity index is 1.52. The topological polar surface area (TPSA) is 122 Å². The Morgan fingerprint density at radius 3 is 2.34 bits per heavy atom. The minimum Gasteiger partial charge on any atom is -0.493 e. The molecule has 2 saturated heterocycles. The van der Waals surface area contributed by atoms with Gasteiger partial charge in [-0.15, -0.1) is 0 Å². The van der Waals surface area contributed by atoms with Crippen molar-refractivity contribution in [3.63, 3.8) is 0 Å². The highest BCUT2D eigenvalue weighted by molar-refractivity contribution is 5.94. The quantitative estimate of drug-likeness (QED) is 0.565. The van der Waals surface area contributed by atoms with Gasteiger partial charge in [0.05, 0.1) is 20.8 Å². The predicted octanol–water partition coefficient (Wildman–Crippen LogP) is 1.99. The van der Waals surface area contributed by atoms with Gasteiger partial charge < -0.3 is 38.8 Å². The van der Waals surface area contributed by atoms with Crippen LogP contribution >= 0.6 is 0 Å². The summed E-state index contributed by atoms with van der Waals surface area (Å²) in [6.45, 7) is 2.94. The van der Waals surface area contributed by atoms with Gasteiger partial charge in [-0.2, -0.15) is 0 Å². The number of hydrogen-bond acceptors (Lipinski definition) is 9. The van der Waals surface area contributed by atoms with Crippen molar-refractivity contribution in [3.05, 3.63) is 53.6 Å². The molecule has 6 unspecified atom stereocenters. The molecule has 188 valence electrons. The number of ketones is 1. The number of fused-ring (bicyclic) bond motifs is 1. The summed E-state index contributed by atoms with van der Waals surface area (Å²) in [6.07, 6.45) is -4.38. The van der Waals surface area contributed by atoms with Gasteiger partial charge in [-0.1, -0.05) is 6.07 Å². The van der Waals surface area contributed by atoms with Gasteiger partial charge in [0.15, 0.2) is 23.6 Å². The lowest BCUT2D eigenvalue weighted by Gasteiger charge is -2.47. The van der Waals surface area contributed by atoms with Crippen molar-refractivity contribution in [3.8, 4) is 17.2 Å². The van der Waals surface area contributed by atoms with Crippen molar-refractivity contribution < 1.29 is 43.1 Å². The van der Waals surface area contributed by atoms with E-state index in [0.717, 1.165) is 0 Å². The van der Waals surface area contributed by atoms with Gasteiger partial charge in [0.2, 0.25) is 12.2 Å². The van der Waals surface area contributed by atoms with Crippen LogP contribution in [0.3, 0.4) is 0 Å². The summed E-state index contributed by atoms with van der Waals surface area (Å²) in [5.41, 5.74) is 1.21. The first kappa shape index (κ1) is 24.9. The molecular weight excluding hydrogens is 458 g/mol. The molecule has 2 N–H and O–H groups in total. The van der Waals surface area contributed by atoms with E-state index in [-0.39, 0.29) is 18.3 Å². The first-order chi connectivity index (χ1) is 16.8. The lowest BCUT2D eigenvalue weighted by Crippen LogP contribution is -2.67. The number of amides is 1. The Bertz CT molecular complexity index is 1060. The molecule has 0 spiro atoms. The van der Waals surface area contributed by atoms with Crippen molar-refractivity contribution in [1.29, 1.82) is 0 Å². The van der Waals surface area contributed by atoms with E-state index in [4.69, 9.17) is 28.4 Å². The molecule has 1 amide bonds. The summed E-state index contributed by atoms with van der Waals surface area (Å²) in [5, 5.41) is 13.9. The average molecular weight is 488 g/mol. The number of carbonyl (C=O) groups excluding carboxylic acids is 2. The van der Waals surface area contributed by atoms with Gasteiger partial charge >= 0.3 is 0 Å². The fraction of sp³-hybridized carbons (Fsp3) is 0.440. The fourth-order valence-corrected chi connectivity index (χ4v) is 4.15. The van der Waals surface area contributed by atoms with E-state index >= 15 is 0 Å². The highest BCUT2D eigenvalue weighted by atomic mass is 16.7. The minimum atomic E-state index is -1.15. The summed E-state index contributed by atoms with van der Waals surface area (Å²) in [7, 11) is 3.08. The zero-order chi connectivity index (χ0) is 25.1. The van der Waals surface area contributed by atoms with E-state index in [9.17, 15) is 14.7 Å². The Morgan fingerprint density at radius 2 is 1.71 bits per heavy atom. The van der Waals surface area contributed by atoms with E-state index in [1.807, 2.05) is 0 Å². The van der Waals surface area contributed by atoms with E-state index in [0.29, 0.717) is 28.4 Å². The third-order valence-corrected chi connectivity index (χ3v) is 5.93. The third kappa shape index (κ3) is 5.40. The Hall–Kier alpha value is -3.18. The molecule has 2 aromatic carbocycles. The minimum absolute atomic E-state index is 0.0691. The van der Waals surface area contributed by atoms with Crippen LogP contribution in [-0.2, 0) is 19.0 Å². The normalized spacial score (nSPS) is 27.9. The number of ether oxygens (including phenoxy) is 6. The second-order valence-electron chi connectivity index (χ2n) is 8.34. The molecule has 0 aromatic heterocycles. The molecule has 0 saturated carbocycles. The van der Waals surface area contributed by atoms with Crippen LogP contribution in [0, 0.1) is 0 Å². The number of hydrogen-bond donors (Lipinski definition) is 2. The second kappa shape index (κ2) is 10.6. The summed E-state index contributed by atoms with van der Waals surface area (Å²) >= 11 is 0. The number of benzene rings is 2. The summed E-state index contributed by atoms with van der Waals surface area (Å²) in [5.74, 6) is 1.07. The van der Waals surface area contributed by atoms with Gasteiger partial charge in [0.25, 0.3) is 0 Å². The lowest BCUT2D eigenvalue weighted by molar-refractivity contribution is -0.333. The van der Waals surface area contributed by atoms with Gasteiger partial charge in [-0.25, -0.2) is 0 Å². The van der Waals surface area contributed by atoms with Crippen LogP contribution in [0.1, 0.15) is 36.1 Å². The standard InChI is InChI=1S/C25H29NO9/c1-13(27)15-5-8-17(9-6-15)33-25-21(26-14(2)28)22(29)23-20(34-25)12-32-24(35-23)16-7-10-18(30-3)19(11-16)31-4/h5-11,20-25,29H,12H2,1-4H3,(H,26,28). The van der Waals surface area contributed by atoms with Crippen molar-refractivity contribution >= 4 is 11.7 Å². The van der Waals surface area contributed by atoms with Gasteiger partial charge in [0, 0.05) is 18.1 Å². The van der Waals surface area contributed by atoms with Crippen molar-refractivity contribution in [2.75, 3.05) is 20.8 Å². The number of nitrogens with one attached hydrogen (secondary N) is 1. The first-order valence-electron chi connectivity index (χ1n) is 11.2. The summed E-state index contributed by atoms with van der Waals surface area (Å²) < 4.78 is 34.6. The van der Waals surface area contributed by atoms with Gasteiger partial charge in [-0.05, 0) is 43.3 Å². The third-order valence-electron chi connectivity index (χ3n) is 5.93.